The maximum absolute atomic E-state index is 12.7. The fourth-order valence-electron chi connectivity index (χ4n) is 3.12. The fraction of sp³-hybridized carbons (Fsp3) is 0.400. The molecule has 0 spiro atoms. The van der Waals surface area contributed by atoms with Crippen LogP contribution in [-0.2, 0) is 12.8 Å². The van der Waals surface area contributed by atoms with E-state index in [2.05, 4.69) is 5.32 Å². The maximum Gasteiger partial charge on any atom is 0.256 e. The Morgan fingerprint density at radius 3 is 2.81 bits per heavy atom. The first-order valence-electron chi connectivity index (χ1n) is 9.02. The van der Waals surface area contributed by atoms with Gasteiger partial charge >= 0.3 is 0 Å². The molecule has 5 nitrogen and oxygen atoms in total. The third kappa shape index (κ3) is 3.90. The number of aryl methyl sites for hydroxylation is 1. The van der Waals surface area contributed by atoms with E-state index >= 15 is 0 Å². The molecule has 26 heavy (non-hydrogen) atoms. The van der Waals surface area contributed by atoms with E-state index in [1.807, 2.05) is 19.9 Å². The van der Waals surface area contributed by atoms with Gasteiger partial charge in [-0.1, -0.05) is 13.0 Å². The third-order valence-electron chi connectivity index (χ3n) is 4.65. The van der Waals surface area contributed by atoms with Crippen molar-refractivity contribution in [2.24, 2.45) is 5.73 Å². The number of carbonyl (C=O) groups is 2. The van der Waals surface area contributed by atoms with E-state index in [1.54, 1.807) is 18.2 Å². The molecule has 2 aromatic rings. The van der Waals surface area contributed by atoms with Crippen LogP contribution in [0.5, 0.6) is 5.75 Å². The highest BCUT2D eigenvalue weighted by molar-refractivity contribution is 7.17. The molecular formula is C20H24N2O3S. The highest BCUT2D eigenvalue weighted by Crippen LogP contribution is 2.38. The zero-order valence-corrected chi connectivity index (χ0v) is 15.9. The molecule has 2 amide bonds. The van der Waals surface area contributed by atoms with Crippen LogP contribution in [0.15, 0.2) is 24.3 Å². The maximum atomic E-state index is 12.7. The molecule has 0 aliphatic heterocycles. The monoisotopic (exact) mass is 372 g/mol. The van der Waals surface area contributed by atoms with Crippen LogP contribution in [-0.4, -0.2) is 17.9 Å². The molecule has 1 aromatic carbocycles. The van der Waals surface area contributed by atoms with Gasteiger partial charge in [0.1, 0.15) is 10.8 Å². The van der Waals surface area contributed by atoms with Gasteiger partial charge in [-0.2, -0.15) is 0 Å². The highest BCUT2D eigenvalue weighted by Gasteiger charge is 2.25. The largest absolute Gasteiger partial charge is 0.491 e. The third-order valence-corrected chi connectivity index (χ3v) is 5.86. The summed E-state index contributed by atoms with van der Waals surface area (Å²) in [5, 5.41) is 3.44. The Labute approximate surface area is 157 Å². The van der Waals surface area contributed by atoms with E-state index in [4.69, 9.17) is 10.5 Å². The van der Waals surface area contributed by atoms with Crippen LogP contribution in [0.3, 0.4) is 0 Å². The molecule has 1 atom stereocenters. The second-order valence-corrected chi connectivity index (χ2v) is 7.70. The lowest BCUT2D eigenvalue weighted by atomic mass is 9.95. The lowest BCUT2D eigenvalue weighted by molar-refractivity contribution is 0.100. The molecule has 1 heterocycles. The molecule has 0 fully saturated rings. The van der Waals surface area contributed by atoms with Crippen molar-refractivity contribution in [1.29, 1.82) is 0 Å². The number of anilines is 1. The quantitative estimate of drug-likeness (QED) is 0.799. The van der Waals surface area contributed by atoms with Crippen LogP contribution >= 0.6 is 11.3 Å². The van der Waals surface area contributed by atoms with Crippen LogP contribution in [0.25, 0.3) is 0 Å². The minimum Gasteiger partial charge on any atom is -0.491 e. The lowest BCUT2D eigenvalue weighted by Crippen LogP contribution is -2.18. The number of carbonyl (C=O) groups excluding carboxylic acids is 2. The van der Waals surface area contributed by atoms with Crippen LogP contribution in [0, 0.1) is 0 Å². The molecule has 3 rings (SSSR count). The molecular weight excluding hydrogens is 348 g/mol. The number of hydrogen-bond donors (Lipinski definition) is 2. The topological polar surface area (TPSA) is 81.4 Å². The summed E-state index contributed by atoms with van der Waals surface area (Å²) in [4.78, 5) is 25.8. The van der Waals surface area contributed by atoms with Crippen molar-refractivity contribution < 1.29 is 14.3 Å². The van der Waals surface area contributed by atoms with E-state index in [-0.39, 0.29) is 12.0 Å². The van der Waals surface area contributed by atoms with Gasteiger partial charge in [0.15, 0.2) is 0 Å². The Kier molecular flexibility index (Phi) is 5.61. The molecule has 1 aliphatic carbocycles. The number of ether oxygens (including phenoxy) is 1. The summed E-state index contributed by atoms with van der Waals surface area (Å²) >= 11 is 1.47. The van der Waals surface area contributed by atoms with Crippen molar-refractivity contribution in [3.05, 3.63) is 45.8 Å². The van der Waals surface area contributed by atoms with Crippen molar-refractivity contribution in [3.63, 3.8) is 0 Å². The smallest absolute Gasteiger partial charge is 0.256 e. The highest BCUT2D eigenvalue weighted by atomic mass is 32.1. The van der Waals surface area contributed by atoms with Crippen molar-refractivity contribution in [2.75, 3.05) is 5.32 Å². The summed E-state index contributed by atoms with van der Waals surface area (Å²) in [6.45, 7) is 4.03. The SMILES string of the molecule is CCC(C)Oc1cccc(C(=O)Nc2sc3c(c2C(N)=O)CCCC3)c1. The summed E-state index contributed by atoms with van der Waals surface area (Å²) in [5.41, 5.74) is 7.57. The first kappa shape index (κ1) is 18.5. The van der Waals surface area contributed by atoms with Gasteiger partial charge in [-0.25, -0.2) is 0 Å². The summed E-state index contributed by atoms with van der Waals surface area (Å²) < 4.78 is 5.78. The van der Waals surface area contributed by atoms with E-state index in [0.717, 1.165) is 42.5 Å². The first-order chi connectivity index (χ1) is 12.5. The minimum absolute atomic E-state index is 0.0822. The molecule has 6 heteroatoms. The zero-order chi connectivity index (χ0) is 18.7. The molecule has 0 bridgehead atoms. The number of primary amides is 1. The standard InChI is InChI=1S/C20H24N2O3S/c1-3-12(2)25-14-8-6-7-13(11-14)19(24)22-20-17(18(21)23)15-9-4-5-10-16(15)26-20/h6-8,11-12H,3-5,9-10H2,1-2H3,(H2,21,23)(H,22,24). The molecule has 1 aliphatic rings. The fourth-order valence-corrected chi connectivity index (χ4v) is 4.41. The average Bonchev–Trinajstić information content (AvgIpc) is 2.99. The van der Waals surface area contributed by atoms with Gasteiger partial charge in [0.25, 0.3) is 11.8 Å². The van der Waals surface area contributed by atoms with Gasteiger partial charge in [-0.15, -0.1) is 11.3 Å². The number of hydrogen-bond acceptors (Lipinski definition) is 4. The van der Waals surface area contributed by atoms with E-state index in [1.165, 1.54) is 11.3 Å². The van der Waals surface area contributed by atoms with Crippen molar-refractivity contribution >= 4 is 28.2 Å². The number of thiophene rings is 1. The van der Waals surface area contributed by atoms with Crippen LogP contribution in [0.1, 0.15) is 64.3 Å². The number of nitrogens with two attached hydrogens (primary N) is 1. The van der Waals surface area contributed by atoms with Gasteiger partial charge in [-0.3, -0.25) is 9.59 Å². The molecule has 0 saturated carbocycles. The van der Waals surface area contributed by atoms with E-state index < -0.39 is 5.91 Å². The minimum atomic E-state index is -0.478. The summed E-state index contributed by atoms with van der Waals surface area (Å²) in [6.07, 6.45) is 4.91. The second-order valence-electron chi connectivity index (χ2n) is 6.60. The van der Waals surface area contributed by atoms with Gasteiger partial charge < -0.3 is 15.8 Å². The normalized spacial score (nSPS) is 14.4. The van der Waals surface area contributed by atoms with Gasteiger partial charge in [-0.05, 0) is 62.8 Å². The van der Waals surface area contributed by atoms with Crippen molar-refractivity contribution in [1.82, 2.24) is 0 Å². The molecule has 3 N–H and O–H groups in total. The molecule has 138 valence electrons. The molecule has 0 radical (unpaired) electrons. The van der Waals surface area contributed by atoms with Crippen molar-refractivity contribution in [3.8, 4) is 5.75 Å². The number of benzene rings is 1. The van der Waals surface area contributed by atoms with Gasteiger partial charge in [0, 0.05) is 10.4 Å². The number of fused-ring (bicyclic) bond motifs is 1. The van der Waals surface area contributed by atoms with Crippen LogP contribution in [0.4, 0.5) is 5.00 Å². The number of nitrogens with one attached hydrogen (secondary N) is 1. The Balaban J connectivity index is 1.83. The molecule has 1 aromatic heterocycles. The van der Waals surface area contributed by atoms with E-state index in [9.17, 15) is 9.59 Å². The van der Waals surface area contributed by atoms with Gasteiger partial charge in [0.05, 0.1) is 11.7 Å². The Bertz CT molecular complexity index is 828. The lowest BCUT2D eigenvalue weighted by Gasteiger charge is -2.13. The molecule has 0 saturated heterocycles. The first-order valence-corrected chi connectivity index (χ1v) is 9.83. The average molecular weight is 372 g/mol. The summed E-state index contributed by atoms with van der Waals surface area (Å²) in [5.74, 6) is -0.0816. The van der Waals surface area contributed by atoms with Gasteiger partial charge in [0.2, 0.25) is 0 Å². The summed E-state index contributed by atoms with van der Waals surface area (Å²) in [7, 11) is 0. The van der Waals surface area contributed by atoms with Crippen LogP contribution < -0.4 is 15.8 Å². The molecule has 1 unspecified atom stereocenters. The predicted molar refractivity (Wildman–Crippen MR) is 104 cm³/mol. The Morgan fingerprint density at radius 2 is 2.08 bits per heavy atom. The second kappa shape index (κ2) is 7.91. The number of amides is 2. The van der Waals surface area contributed by atoms with Crippen molar-refractivity contribution in [2.45, 2.75) is 52.1 Å². The number of rotatable bonds is 6. The zero-order valence-electron chi connectivity index (χ0n) is 15.1. The van der Waals surface area contributed by atoms with E-state index in [0.29, 0.717) is 21.9 Å². The Morgan fingerprint density at radius 1 is 1.31 bits per heavy atom. The van der Waals surface area contributed by atoms with Crippen LogP contribution in [0.2, 0.25) is 0 Å². The summed E-state index contributed by atoms with van der Waals surface area (Å²) in [6, 6.07) is 7.08. The Hall–Kier alpha value is -2.34. The predicted octanol–water partition coefficient (Wildman–Crippen LogP) is 4.16.